The quantitative estimate of drug-likeness (QED) is 0.915. The summed E-state index contributed by atoms with van der Waals surface area (Å²) < 4.78 is 5.10. The van der Waals surface area contributed by atoms with Crippen molar-refractivity contribution in [3.8, 4) is 0 Å². The van der Waals surface area contributed by atoms with E-state index in [1.54, 1.807) is 6.20 Å². The molecule has 4 heteroatoms. The molecule has 0 aliphatic rings. The van der Waals surface area contributed by atoms with Crippen molar-refractivity contribution >= 4 is 6.09 Å². The minimum atomic E-state index is -0.438. The molecule has 1 aromatic carbocycles. The number of rotatable bonds is 4. The monoisotopic (exact) mass is 256 g/mol. The van der Waals surface area contributed by atoms with Gasteiger partial charge in [-0.1, -0.05) is 30.3 Å². The summed E-state index contributed by atoms with van der Waals surface area (Å²) >= 11 is 0. The summed E-state index contributed by atoms with van der Waals surface area (Å²) in [6.45, 7) is 2.63. The first kappa shape index (κ1) is 13.1. The predicted octanol–water partition coefficient (Wildman–Crippen LogP) is 2.82. The SMILES string of the molecule is Cc1ccnc(CNC(=O)OCc2ccccc2)c1. The molecule has 0 unspecified atom stereocenters. The minimum absolute atomic E-state index is 0.272. The van der Waals surface area contributed by atoms with Gasteiger partial charge in [-0.05, 0) is 30.2 Å². The van der Waals surface area contributed by atoms with Gasteiger partial charge in [-0.15, -0.1) is 0 Å². The number of aromatic nitrogens is 1. The lowest BCUT2D eigenvalue weighted by Crippen LogP contribution is -2.24. The molecule has 0 aliphatic carbocycles. The molecule has 0 aliphatic heterocycles. The minimum Gasteiger partial charge on any atom is -0.445 e. The first-order chi connectivity index (χ1) is 9.24. The number of pyridine rings is 1. The third kappa shape index (κ3) is 4.43. The van der Waals surface area contributed by atoms with Gasteiger partial charge in [0.15, 0.2) is 0 Å². The molecule has 2 aromatic rings. The van der Waals surface area contributed by atoms with Gasteiger partial charge < -0.3 is 10.1 Å². The van der Waals surface area contributed by atoms with Crippen molar-refractivity contribution in [3.05, 3.63) is 65.5 Å². The molecule has 1 amide bonds. The third-order valence-corrected chi connectivity index (χ3v) is 2.60. The zero-order chi connectivity index (χ0) is 13.5. The van der Waals surface area contributed by atoms with Gasteiger partial charge in [0.25, 0.3) is 0 Å². The molecule has 4 nitrogen and oxygen atoms in total. The number of hydrogen-bond donors (Lipinski definition) is 1. The molecule has 98 valence electrons. The van der Waals surface area contributed by atoms with E-state index in [1.165, 1.54) is 0 Å². The van der Waals surface area contributed by atoms with E-state index in [0.717, 1.165) is 16.8 Å². The number of aryl methyl sites for hydroxylation is 1. The normalized spacial score (nSPS) is 9.95. The number of benzene rings is 1. The van der Waals surface area contributed by atoms with Gasteiger partial charge in [0, 0.05) is 6.20 Å². The van der Waals surface area contributed by atoms with Crippen LogP contribution in [0.4, 0.5) is 4.79 Å². The Hall–Kier alpha value is -2.36. The Morgan fingerprint density at radius 3 is 2.79 bits per heavy atom. The van der Waals surface area contributed by atoms with Gasteiger partial charge in [-0.25, -0.2) is 4.79 Å². The molecule has 0 bridgehead atoms. The Morgan fingerprint density at radius 2 is 2.05 bits per heavy atom. The van der Waals surface area contributed by atoms with Crippen LogP contribution in [0.2, 0.25) is 0 Å². The van der Waals surface area contributed by atoms with E-state index in [-0.39, 0.29) is 6.61 Å². The van der Waals surface area contributed by atoms with Crippen LogP contribution >= 0.6 is 0 Å². The molecular formula is C15H16N2O2. The van der Waals surface area contributed by atoms with Crippen molar-refractivity contribution in [3.63, 3.8) is 0 Å². The molecule has 19 heavy (non-hydrogen) atoms. The molecule has 0 radical (unpaired) electrons. The molecular weight excluding hydrogens is 240 g/mol. The Morgan fingerprint density at radius 1 is 1.26 bits per heavy atom. The topological polar surface area (TPSA) is 51.2 Å². The molecule has 1 heterocycles. The fourth-order valence-electron chi connectivity index (χ4n) is 1.63. The second-order valence-electron chi connectivity index (χ2n) is 4.24. The molecule has 1 N–H and O–H groups in total. The molecule has 1 aromatic heterocycles. The summed E-state index contributed by atoms with van der Waals surface area (Å²) in [5.74, 6) is 0. The Balaban J connectivity index is 1.76. The average molecular weight is 256 g/mol. The number of alkyl carbamates (subject to hydrolysis) is 1. The van der Waals surface area contributed by atoms with E-state index in [1.807, 2.05) is 49.4 Å². The lowest BCUT2D eigenvalue weighted by Gasteiger charge is -2.07. The number of amides is 1. The van der Waals surface area contributed by atoms with E-state index >= 15 is 0 Å². The van der Waals surface area contributed by atoms with E-state index in [0.29, 0.717) is 6.54 Å². The van der Waals surface area contributed by atoms with Crippen LogP contribution < -0.4 is 5.32 Å². The number of ether oxygens (including phenoxy) is 1. The highest BCUT2D eigenvalue weighted by Gasteiger charge is 2.03. The van der Waals surface area contributed by atoms with Crippen LogP contribution in [0.15, 0.2) is 48.7 Å². The van der Waals surface area contributed by atoms with Crippen LogP contribution in [0.1, 0.15) is 16.8 Å². The average Bonchev–Trinajstić information content (AvgIpc) is 2.44. The van der Waals surface area contributed by atoms with Gasteiger partial charge in [0.1, 0.15) is 6.61 Å². The molecule has 2 rings (SSSR count). The van der Waals surface area contributed by atoms with Crippen LogP contribution in [-0.2, 0) is 17.9 Å². The van der Waals surface area contributed by atoms with E-state index in [2.05, 4.69) is 10.3 Å². The zero-order valence-electron chi connectivity index (χ0n) is 10.8. The summed E-state index contributed by atoms with van der Waals surface area (Å²) in [4.78, 5) is 15.7. The number of nitrogens with zero attached hydrogens (tertiary/aromatic N) is 1. The maximum Gasteiger partial charge on any atom is 0.407 e. The third-order valence-electron chi connectivity index (χ3n) is 2.60. The Bertz CT molecular complexity index is 541. The molecule has 0 spiro atoms. The van der Waals surface area contributed by atoms with Gasteiger partial charge in [0.05, 0.1) is 12.2 Å². The number of hydrogen-bond acceptors (Lipinski definition) is 3. The van der Waals surface area contributed by atoms with Crippen molar-refractivity contribution < 1.29 is 9.53 Å². The van der Waals surface area contributed by atoms with Gasteiger partial charge in [-0.2, -0.15) is 0 Å². The van der Waals surface area contributed by atoms with Crippen molar-refractivity contribution in [1.29, 1.82) is 0 Å². The summed E-state index contributed by atoms with van der Waals surface area (Å²) in [6.07, 6.45) is 1.29. The second-order valence-corrected chi connectivity index (χ2v) is 4.24. The van der Waals surface area contributed by atoms with E-state index < -0.39 is 6.09 Å². The van der Waals surface area contributed by atoms with E-state index in [9.17, 15) is 4.79 Å². The van der Waals surface area contributed by atoms with Crippen LogP contribution in [0, 0.1) is 6.92 Å². The number of nitrogens with one attached hydrogen (secondary N) is 1. The van der Waals surface area contributed by atoms with Crippen LogP contribution in [0.5, 0.6) is 0 Å². The summed E-state index contributed by atoms with van der Waals surface area (Å²) in [7, 11) is 0. The molecule has 0 fully saturated rings. The van der Waals surface area contributed by atoms with Gasteiger partial charge in [-0.3, -0.25) is 4.98 Å². The molecule has 0 saturated heterocycles. The smallest absolute Gasteiger partial charge is 0.407 e. The van der Waals surface area contributed by atoms with E-state index in [4.69, 9.17) is 4.74 Å². The number of carbonyl (C=O) groups is 1. The highest BCUT2D eigenvalue weighted by Crippen LogP contribution is 2.02. The van der Waals surface area contributed by atoms with Crippen molar-refractivity contribution in [2.45, 2.75) is 20.1 Å². The predicted molar refractivity (Wildman–Crippen MR) is 72.4 cm³/mol. The number of carbonyl (C=O) groups excluding carboxylic acids is 1. The highest BCUT2D eigenvalue weighted by molar-refractivity contribution is 5.67. The maximum absolute atomic E-state index is 11.5. The standard InChI is InChI=1S/C15H16N2O2/c1-12-7-8-16-14(9-12)10-17-15(18)19-11-13-5-3-2-4-6-13/h2-9H,10-11H2,1H3,(H,17,18). The van der Waals surface area contributed by atoms with Gasteiger partial charge in [0.2, 0.25) is 0 Å². The van der Waals surface area contributed by atoms with Crippen LogP contribution in [-0.4, -0.2) is 11.1 Å². The second kappa shape index (κ2) is 6.54. The van der Waals surface area contributed by atoms with Crippen molar-refractivity contribution in [2.75, 3.05) is 0 Å². The fraction of sp³-hybridized carbons (Fsp3) is 0.200. The lowest BCUT2D eigenvalue weighted by molar-refractivity contribution is 0.139. The van der Waals surface area contributed by atoms with Crippen LogP contribution in [0.3, 0.4) is 0 Å². The largest absolute Gasteiger partial charge is 0.445 e. The van der Waals surface area contributed by atoms with Crippen molar-refractivity contribution in [2.24, 2.45) is 0 Å². The summed E-state index contributed by atoms with van der Waals surface area (Å²) in [5.41, 5.74) is 2.90. The summed E-state index contributed by atoms with van der Waals surface area (Å²) in [5, 5.41) is 2.67. The first-order valence-electron chi connectivity index (χ1n) is 6.10. The zero-order valence-corrected chi connectivity index (χ0v) is 10.8. The first-order valence-corrected chi connectivity index (χ1v) is 6.10. The molecule has 0 saturated carbocycles. The highest BCUT2D eigenvalue weighted by atomic mass is 16.5. The summed E-state index contributed by atoms with van der Waals surface area (Å²) in [6, 6.07) is 13.4. The van der Waals surface area contributed by atoms with Crippen LogP contribution in [0.25, 0.3) is 0 Å². The Labute approximate surface area is 112 Å². The maximum atomic E-state index is 11.5. The lowest BCUT2D eigenvalue weighted by atomic mass is 10.2. The Kier molecular flexibility index (Phi) is 4.50. The fourth-order valence-corrected chi connectivity index (χ4v) is 1.63. The molecule has 0 atom stereocenters. The van der Waals surface area contributed by atoms with Gasteiger partial charge >= 0.3 is 6.09 Å². The van der Waals surface area contributed by atoms with Crippen molar-refractivity contribution in [1.82, 2.24) is 10.3 Å².